The number of aromatic nitrogens is 3. The first kappa shape index (κ1) is 20.3. The molecule has 0 spiro atoms. The van der Waals surface area contributed by atoms with Gasteiger partial charge in [-0.15, -0.1) is 0 Å². The second kappa shape index (κ2) is 8.30. The Bertz CT molecular complexity index is 1070. The van der Waals surface area contributed by atoms with Crippen LogP contribution in [0, 0.1) is 20.8 Å². The molecule has 0 aliphatic rings. The number of hydrogen-bond donors (Lipinski definition) is 2. The highest BCUT2D eigenvalue weighted by molar-refractivity contribution is 5.99. The molecule has 2 N–H and O–H groups in total. The van der Waals surface area contributed by atoms with Crippen molar-refractivity contribution >= 4 is 22.8 Å². The van der Waals surface area contributed by atoms with E-state index in [1.165, 1.54) is 0 Å². The number of hydrogen-bond acceptors (Lipinski definition) is 5. The van der Waals surface area contributed by atoms with E-state index >= 15 is 0 Å². The number of rotatable bonds is 5. The monoisotopic (exact) mass is 395 g/mol. The molecule has 0 aliphatic heterocycles. The van der Waals surface area contributed by atoms with Gasteiger partial charge in [-0.05, 0) is 63.9 Å². The van der Waals surface area contributed by atoms with Gasteiger partial charge < -0.3 is 4.74 Å². The number of nitrogens with zero attached hydrogens (tertiary/aromatic N) is 3. The van der Waals surface area contributed by atoms with Crippen molar-refractivity contribution < 1.29 is 14.3 Å². The molecule has 3 rings (SSSR count). The molecule has 1 aromatic carbocycles. The van der Waals surface area contributed by atoms with E-state index in [0.717, 1.165) is 22.2 Å². The van der Waals surface area contributed by atoms with Crippen molar-refractivity contribution in [2.45, 2.75) is 40.7 Å². The molecule has 3 aromatic rings. The molecular weight excluding hydrogens is 370 g/mol. The Labute approximate surface area is 169 Å². The molecule has 0 bridgehead atoms. The van der Waals surface area contributed by atoms with E-state index in [2.05, 4.69) is 20.9 Å². The van der Waals surface area contributed by atoms with Crippen LogP contribution in [0.2, 0.25) is 0 Å². The number of aryl methyl sites for hydroxylation is 3. The van der Waals surface area contributed by atoms with Crippen LogP contribution in [0.4, 0.5) is 0 Å². The highest BCUT2D eigenvalue weighted by Crippen LogP contribution is 2.19. The van der Waals surface area contributed by atoms with Gasteiger partial charge in [0, 0.05) is 11.4 Å². The van der Waals surface area contributed by atoms with Gasteiger partial charge in [-0.3, -0.25) is 20.4 Å². The Balaban J connectivity index is 1.60. The maximum Gasteiger partial charge on any atom is 0.276 e. The summed E-state index contributed by atoms with van der Waals surface area (Å²) in [5.74, 6) is -0.313. The maximum absolute atomic E-state index is 12.5. The number of fused-ring (bicyclic) bond motifs is 1. The zero-order valence-electron chi connectivity index (χ0n) is 17.2. The standard InChI is InChI=1S/C21H25N5O3/c1-12(2)26-20-16(10-22-26)9-18(15(5)23-20)21(28)25-24-19(27)11-29-17-7-6-13(3)14(4)8-17/h6-10,12H,11H2,1-5H3,(H,24,27)(H,25,28). The predicted molar refractivity (Wildman–Crippen MR) is 110 cm³/mol. The quantitative estimate of drug-likeness (QED) is 0.648. The van der Waals surface area contributed by atoms with E-state index in [1.807, 2.05) is 39.8 Å². The number of carbonyl (C=O) groups is 2. The Morgan fingerprint density at radius 1 is 1.10 bits per heavy atom. The Kier molecular flexibility index (Phi) is 5.81. The van der Waals surface area contributed by atoms with Crippen molar-refractivity contribution in [3.63, 3.8) is 0 Å². The molecular formula is C21H25N5O3. The molecule has 152 valence electrons. The van der Waals surface area contributed by atoms with Gasteiger partial charge in [-0.2, -0.15) is 5.10 Å². The van der Waals surface area contributed by atoms with Crippen molar-refractivity contribution in [2.24, 2.45) is 0 Å². The topological polar surface area (TPSA) is 98.1 Å². The average molecular weight is 395 g/mol. The fourth-order valence-electron chi connectivity index (χ4n) is 2.86. The van der Waals surface area contributed by atoms with Crippen molar-refractivity contribution in [3.05, 3.63) is 52.8 Å². The lowest BCUT2D eigenvalue weighted by molar-refractivity contribution is -0.123. The average Bonchev–Trinajstić information content (AvgIpc) is 3.09. The second-order valence-corrected chi connectivity index (χ2v) is 7.25. The summed E-state index contributed by atoms with van der Waals surface area (Å²) in [6, 6.07) is 7.48. The van der Waals surface area contributed by atoms with Crippen molar-refractivity contribution in [3.8, 4) is 5.75 Å². The van der Waals surface area contributed by atoms with Crippen LogP contribution in [0.15, 0.2) is 30.5 Å². The Morgan fingerprint density at radius 2 is 1.86 bits per heavy atom. The molecule has 0 unspecified atom stereocenters. The first-order chi connectivity index (χ1) is 13.8. The zero-order valence-corrected chi connectivity index (χ0v) is 17.2. The van der Waals surface area contributed by atoms with Crippen LogP contribution in [0.3, 0.4) is 0 Å². The van der Waals surface area contributed by atoms with E-state index in [0.29, 0.717) is 17.0 Å². The van der Waals surface area contributed by atoms with E-state index < -0.39 is 11.8 Å². The van der Waals surface area contributed by atoms with Gasteiger partial charge in [-0.25, -0.2) is 9.67 Å². The fourth-order valence-corrected chi connectivity index (χ4v) is 2.86. The predicted octanol–water partition coefficient (Wildman–Crippen LogP) is 2.78. The summed E-state index contributed by atoms with van der Waals surface area (Å²) in [5, 5.41) is 5.07. The number of hydrazine groups is 1. The van der Waals surface area contributed by atoms with Crippen LogP contribution in [-0.2, 0) is 4.79 Å². The molecule has 0 atom stereocenters. The highest BCUT2D eigenvalue weighted by Gasteiger charge is 2.16. The number of ether oxygens (including phenoxy) is 1. The van der Waals surface area contributed by atoms with Crippen LogP contribution < -0.4 is 15.6 Å². The summed E-state index contributed by atoms with van der Waals surface area (Å²) < 4.78 is 7.26. The first-order valence-corrected chi connectivity index (χ1v) is 9.40. The summed E-state index contributed by atoms with van der Waals surface area (Å²) >= 11 is 0. The molecule has 0 fully saturated rings. The normalized spacial score (nSPS) is 11.0. The van der Waals surface area contributed by atoms with E-state index in [-0.39, 0.29) is 12.6 Å². The van der Waals surface area contributed by atoms with Gasteiger partial charge >= 0.3 is 0 Å². The minimum Gasteiger partial charge on any atom is -0.484 e. The molecule has 0 radical (unpaired) electrons. The van der Waals surface area contributed by atoms with Crippen molar-refractivity contribution in [1.29, 1.82) is 0 Å². The van der Waals surface area contributed by atoms with Crippen molar-refractivity contribution in [2.75, 3.05) is 6.61 Å². The third-order valence-electron chi connectivity index (χ3n) is 4.66. The number of benzene rings is 1. The molecule has 0 saturated heterocycles. The lowest BCUT2D eigenvalue weighted by Gasteiger charge is -2.11. The fraction of sp³-hybridized carbons (Fsp3) is 0.333. The second-order valence-electron chi connectivity index (χ2n) is 7.25. The van der Waals surface area contributed by atoms with Gasteiger partial charge in [0.05, 0.1) is 17.5 Å². The van der Waals surface area contributed by atoms with Crippen LogP contribution in [0.25, 0.3) is 11.0 Å². The molecule has 8 heteroatoms. The van der Waals surface area contributed by atoms with E-state index in [9.17, 15) is 9.59 Å². The summed E-state index contributed by atoms with van der Waals surface area (Å²) in [4.78, 5) is 29.0. The summed E-state index contributed by atoms with van der Waals surface area (Å²) in [6.45, 7) is 9.54. The number of carbonyl (C=O) groups excluding carboxylic acids is 2. The zero-order chi connectivity index (χ0) is 21.1. The summed E-state index contributed by atoms with van der Waals surface area (Å²) in [7, 11) is 0. The van der Waals surface area contributed by atoms with E-state index in [1.54, 1.807) is 29.9 Å². The number of pyridine rings is 1. The molecule has 0 saturated carbocycles. The van der Waals surface area contributed by atoms with E-state index in [4.69, 9.17) is 4.74 Å². The van der Waals surface area contributed by atoms with Crippen molar-refractivity contribution in [1.82, 2.24) is 25.6 Å². The Morgan fingerprint density at radius 3 is 2.55 bits per heavy atom. The molecule has 2 amide bonds. The van der Waals surface area contributed by atoms with Gasteiger partial charge in [0.1, 0.15) is 5.75 Å². The highest BCUT2D eigenvalue weighted by atomic mass is 16.5. The van der Waals surface area contributed by atoms with Crippen LogP contribution in [0.5, 0.6) is 5.75 Å². The molecule has 8 nitrogen and oxygen atoms in total. The summed E-state index contributed by atoms with van der Waals surface area (Å²) in [5.41, 5.74) is 8.64. The molecule has 0 aliphatic carbocycles. The van der Waals surface area contributed by atoms with Crippen LogP contribution in [0.1, 0.15) is 47.1 Å². The molecule has 29 heavy (non-hydrogen) atoms. The molecule has 2 aromatic heterocycles. The third-order valence-corrected chi connectivity index (χ3v) is 4.66. The lowest BCUT2D eigenvalue weighted by atomic mass is 10.1. The van der Waals surface area contributed by atoms with Crippen LogP contribution >= 0.6 is 0 Å². The first-order valence-electron chi connectivity index (χ1n) is 9.40. The minimum atomic E-state index is -0.462. The molecule has 2 heterocycles. The van der Waals surface area contributed by atoms with Gasteiger partial charge in [0.15, 0.2) is 12.3 Å². The minimum absolute atomic E-state index is 0.163. The van der Waals surface area contributed by atoms with Crippen LogP contribution in [-0.4, -0.2) is 33.2 Å². The maximum atomic E-state index is 12.5. The third kappa shape index (κ3) is 4.53. The lowest BCUT2D eigenvalue weighted by Crippen LogP contribution is -2.44. The number of nitrogens with one attached hydrogen (secondary N) is 2. The number of amides is 2. The Hall–Kier alpha value is -3.42. The SMILES string of the molecule is Cc1ccc(OCC(=O)NNC(=O)c2cc3cnn(C(C)C)c3nc2C)cc1C. The summed E-state index contributed by atoms with van der Waals surface area (Å²) in [6.07, 6.45) is 1.68. The van der Waals surface area contributed by atoms with Gasteiger partial charge in [0.25, 0.3) is 11.8 Å². The largest absolute Gasteiger partial charge is 0.484 e. The van der Waals surface area contributed by atoms with Gasteiger partial charge in [0.2, 0.25) is 0 Å². The smallest absolute Gasteiger partial charge is 0.276 e. The van der Waals surface area contributed by atoms with Gasteiger partial charge in [-0.1, -0.05) is 6.07 Å².